The Morgan fingerprint density at radius 1 is 1.15 bits per heavy atom. The Labute approximate surface area is 122 Å². The normalized spacial score (nSPS) is 10.9. The highest BCUT2D eigenvalue weighted by atomic mass is 35.5. The van der Waals surface area contributed by atoms with Gasteiger partial charge < -0.3 is 4.74 Å². The summed E-state index contributed by atoms with van der Waals surface area (Å²) >= 11 is 6.04. The maximum atomic E-state index is 6.04. The topological polar surface area (TPSA) is 26.5 Å². The smallest absolute Gasteiger partial charge is 0.242 e. The van der Waals surface area contributed by atoms with Crippen molar-refractivity contribution in [2.45, 2.75) is 19.7 Å². The van der Waals surface area contributed by atoms with Crippen molar-refractivity contribution in [1.29, 1.82) is 0 Å². The fourth-order valence-corrected chi connectivity index (χ4v) is 2.57. The number of aromatic nitrogens is 2. The van der Waals surface area contributed by atoms with E-state index in [1.165, 1.54) is 0 Å². The van der Waals surface area contributed by atoms with Crippen molar-refractivity contribution in [2.75, 3.05) is 0 Å². The number of rotatable bonds is 3. The quantitative estimate of drug-likeness (QED) is 0.664. The molecule has 3 nitrogen and oxygen atoms in total. The number of benzene rings is 1. The van der Waals surface area contributed by atoms with Gasteiger partial charge in [-0.25, -0.2) is 0 Å². The van der Waals surface area contributed by atoms with Crippen LogP contribution in [0.5, 0.6) is 11.6 Å². The molecular formula is C16H15ClN2O. The molecule has 0 saturated carbocycles. The average molecular weight is 287 g/mol. The molecular weight excluding hydrogens is 272 g/mol. The van der Waals surface area contributed by atoms with E-state index in [2.05, 4.69) is 11.1 Å². The van der Waals surface area contributed by atoms with Gasteiger partial charge in [0, 0.05) is 6.20 Å². The van der Waals surface area contributed by atoms with Gasteiger partial charge in [0.2, 0.25) is 5.88 Å². The zero-order valence-corrected chi connectivity index (χ0v) is 12.2. The molecule has 2 heterocycles. The molecule has 0 aliphatic rings. The third-order valence-electron chi connectivity index (χ3n) is 3.13. The number of nitrogens with zero attached hydrogens (tertiary/aromatic N) is 2. The lowest BCUT2D eigenvalue weighted by molar-refractivity contribution is 0.461. The predicted molar refractivity (Wildman–Crippen MR) is 80.7 cm³/mol. The summed E-state index contributed by atoms with van der Waals surface area (Å²) in [6, 6.07) is 11.9. The first-order valence-electron chi connectivity index (χ1n) is 6.45. The standard InChI is InChI=1S/C16H15ClN2O/c1-11-7-12(2)9-13(8-11)20-16-14(10-17)19-6-4-3-5-15(19)18-16/h3-9H,10H2,1-2H3. The number of imidazole rings is 1. The van der Waals surface area contributed by atoms with Gasteiger partial charge in [-0.1, -0.05) is 12.1 Å². The van der Waals surface area contributed by atoms with Crippen molar-refractivity contribution in [1.82, 2.24) is 9.38 Å². The van der Waals surface area contributed by atoms with Gasteiger partial charge in [-0.15, -0.1) is 11.6 Å². The van der Waals surface area contributed by atoms with Crippen LogP contribution in [0.4, 0.5) is 0 Å². The highest BCUT2D eigenvalue weighted by molar-refractivity contribution is 6.17. The fourth-order valence-electron chi connectivity index (χ4n) is 2.33. The third-order valence-corrected chi connectivity index (χ3v) is 3.38. The number of fused-ring (bicyclic) bond motifs is 1. The zero-order valence-electron chi connectivity index (χ0n) is 11.4. The molecule has 0 aliphatic carbocycles. The highest BCUT2D eigenvalue weighted by Gasteiger charge is 2.13. The molecule has 4 heteroatoms. The van der Waals surface area contributed by atoms with Gasteiger partial charge in [-0.3, -0.25) is 4.40 Å². The summed E-state index contributed by atoms with van der Waals surface area (Å²) in [5.74, 6) is 1.71. The monoisotopic (exact) mass is 286 g/mol. The summed E-state index contributed by atoms with van der Waals surface area (Å²) in [7, 11) is 0. The number of pyridine rings is 1. The number of hydrogen-bond donors (Lipinski definition) is 0. The Kier molecular flexibility index (Phi) is 3.36. The van der Waals surface area contributed by atoms with Crippen molar-refractivity contribution in [3.05, 3.63) is 59.4 Å². The van der Waals surface area contributed by atoms with Crippen LogP contribution in [0.2, 0.25) is 0 Å². The van der Waals surface area contributed by atoms with E-state index in [0.717, 1.165) is 28.2 Å². The molecule has 0 radical (unpaired) electrons. The molecule has 0 amide bonds. The molecule has 1 aromatic carbocycles. The van der Waals surface area contributed by atoms with Gasteiger partial charge in [-0.2, -0.15) is 4.98 Å². The molecule has 0 aliphatic heterocycles. The Morgan fingerprint density at radius 2 is 1.90 bits per heavy atom. The summed E-state index contributed by atoms with van der Waals surface area (Å²) in [5.41, 5.74) is 4.02. The highest BCUT2D eigenvalue weighted by Crippen LogP contribution is 2.28. The van der Waals surface area contributed by atoms with Crippen molar-refractivity contribution >= 4 is 17.2 Å². The fraction of sp³-hybridized carbons (Fsp3) is 0.188. The van der Waals surface area contributed by atoms with E-state index < -0.39 is 0 Å². The molecule has 2 aromatic heterocycles. The second-order valence-electron chi connectivity index (χ2n) is 4.85. The summed E-state index contributed by atoms with van der Waals surface area (Å²) in [6.45, 7) is 4.10. The largest absolute Gasteiger partial charge is 0.437 e. The molecule has 0 atom stereocenters. The molecule has 3 rings (SSSR count). The van der Waals surface area contributed by atoms with E-state index in [0.29, 0.717) is 11.8 Å². The van der Waals surface area contributed by atoms with Gasteiger partial charge in [0.1, 0.15) is 17.1 Å². The van der Waals surface area contributed by atoms with Crippen molar-refractivity contribution in [3.8, 4) is 11.6 Å². The van der Waals surface area contributed by atoms with Gasteiger partial charge in [0.05, 0.1) is 5.88 Å². The van der Waals surface area contributed by atoms with Crippen LogP contribution in [0.15, 0.2) is 42.6 Å². The minimum absolute atomic E-state index is 0.352. The first-order chi connectivity index (χ1) is 9.67. The average Bonchev–Trinajstić information content (AvgIpc) is 2.74. The first-order valence-corrected chi connectivity index (χ1v) is 6.99. The number of alkyl halides is 1. The Bertz CT molecular complexity index is 744. The third kappa shape index (κ3) is 2.37. The van der Waals surface area contributed by atoms with Gasteiger partial charge in [0.25, 0.3) is 0 Å². The van der Waals surface area contributed by atoms with Crippen LogP contribution in [-0.2, 0) is 5.88 Å². The van der Waals surface area contributed by atoms with Crippen LogP contribution in [0, 0.1) is 13.8 Å². The molecule has 0 unspecified atom stereocenters. The molecule has 0 saturated heterocycles. The van der Waals surface area contributed by atoms with E-state index in [9.17, 15) is 0 Å². The van der Waals surface area contributed by atoms with Crippen LogP contribution in [0.25, 0.3) is 5.65 Å². The molecule has 0 N–H and O–H groups in total. The summed E-state index contributed by atoms with van der Waals surface area (Å²) < 4.78 is 7.88. The lowest BCUT2D eigenvalue weighted by Gasteiger charge is -2.06. The van der Waals surface area contributed by atoms with Crippen molar-refractivity contribution < 1.29 is 4.74 Å². The maximum Gasteiger partial charge on any atom is 0.242 e. The van der Waals surface area contributed by atoms with E-state index in [4.69, 9.17) is 16.3 Å². The minimum Gasteiger partial charge on any atom is -0.437 e. The van der Waals surface area contributed by atoms with Gasteiger partial charge in [-0.05, 0) is 49.2 Å². The van der Waals surface area contributed by atoms with E-state index in [1.54, 1.807) is 0 Å². The summed E-state index contributed by atoms with van der Waals surface area (Å²) in [4.78, 5) is 4.49. The Morgan fingerprint density at radius 3 is 2.60 bits per heavy atom. The van der Waals surface area contributed by atoms with Crippen LogP contribution < -0.4 is 4.74 Å². The van der Waals surface area contributed by atoms with Crippen LogP contribution in [-0.4, -0.2) is 9.38 Å². The molecule has 3 aromatic rings. The number of hydrogen-bond acceptors (Lipinski definition) is 2. The molecule has 0 spiro atoms. The lowest BCUT2D eigenvalue weighted by Crippen LogP contribution is -1.92. The summed E-state index contributed by atoms with van der Waals surface area (Å²) in [6.07, 6.45) is 1.94. The van der Waals surface area contributed by atoms with Crippen molar-refractivity contribution in [3.63, 3.8) is 0 Å². The van der Waals surface area contributed by atoms with E-state index >= 15 is 0 Å². The molecule has 0 fully saturated rings. The molecule has 20 heavy (non-hydrogen) atoms. The van der Waals surface area contributed by atoms with Crippen LogP contribution in [0.1, 0.15) is 16.8 Å². The maximum absolute atomic E-state index is 6.04. The Hall–Kier alpha value is -2.00. The molecule has 0 bridgehead atoms. The second kappa shape index (κ2) is 5.17. The predicted octanol–water partition coefficient (Wildman–Crippen LogP) is 4.48. The van der Waals surface area contributed by atoms with Crippen LogP contribution in [0.3, 0.4) is 0 Å². The van der Waals surface area contributed by atoms with E-state index in [1.807, 2.05) is 54.8 Å². The SMILES string of the molecule is Cc1cc(C)cc(Oc2nc3ccccn3c2CCl)c1. The Balaban J connectivity index is 2.05. The number of halogens is 1. The van der Waals surface area contributed by atoms with Gasteiger partial charge in [0.15, 0.2) is 0 Å². The van der Waals surface area contributed by atoms with Gasteiger partial charge >= 0.3 is 0 Å². The second-order valence-corrected chi connectivity index (χ2v) is 5.12. The number of aryl methyl sites for hydroxylation is 2. The lowest BCUT2D eigenvalue weighted by atomic mass is 10.1. The van der Waals surface area contributed by atoms with Crippen molar-refractivity contribution in [2.24, 2.45) is 0 Å². The summed E-state index contributed by atoms with van der Waals surface area (Å²) in [5, 5.41) is 0. The number of ether oxygens (including phenoxy) is 1. The molecule has 102 valence electrons. The van der Waals surface area contributed by atoms with Crippen LogP contribution >= 0.6 is 11.6 Å². The zero-order chi connectivity index (χ0) is 14.1. The minimum atomic E-state index is 0.352. The van der Waals surface area contributed by atoms with E-state index in [-0.39, 0.29) is 0 Å². The first kappa shape index (κ1) is 13.0.